The molecule has 3 aliphatic rings. The van der Waals surface area contributed by atoms with Crippen LogP contribution in [0.2, 0.25) is 0 Å². The summed E-state index contributed by atoms with van der Waals surface area (Å²) < 4.78 is 46.7. The Kier molecular flexibility index (Phi) is 10.2. The second kappa shape index (κ2) is 14.2. The van der Waals surface area contributed by atoms with Gasteiger partial charge in [0.1, 0.15) is 11.9 Å². The zero-order valence-corrected chi connectivity index (χ0v) is 27.1. The highest BCUT2D eigenvalue weighted by atomic mass is 32.1. The van der Waals surface area contributed by atoms with Crippen molar-refractivity contribution in [2.75, 3.05) is 19.8 Å². The molecule has 5 N–H and O–H groups in total. The number of ether oxygens (including phenoxy) is 3. The van der Waals surface area contributed by atoms with Crippen molar-refractivity contribution < 1.29 is 42.2 Å². The number of primary amides is 1. The smallest absolute Gasteiger partial charge is 0.435 e. The number of thiophene rings is 1. The molecular weight excluding hydrogens is 648 g/mol. The number of carbonyl (C=O) groups is 4. The van der Waals surface area contributed by atoms with E-state index >= 15 is 8.78 Å². The lowest BCUT2D eigenvalue weighted by molar-refractivity contribution is -0.152. The first-order valence-electron chi connectivity index (χ1n) is 15.1. The van der Waals surface area contributed by atoms with Gasteiger partial charge in [-0.05, 0) is 36.6 Å². The van der Waals surface area contributed by atoms with E-state index in [1.165, 1.54) is 34.4 Å². The van der Waals surface area contributed by atoms with Crippen molar-refractivity contribution in [1.82, 2.24) is 10.2 Å². The molecule has 0 radical (unpaired) electrons. The summed E-state index contributed by atoms with van der Waals surface area (Å²) in [5.41, 5.74) is 11.9. The van der Waals surface area contributed by atoms with Gasteiger partial charge in [0.05, 0.1) is 38.8 Å². The molecule has 2 fully saturated rings. The van der Waals surface area contributed by atoms with E-state index in [9.17, 15) is 14.4 Å². The molecule has 2 aliphatic heterocycles. The van der Waals surface area contributed by atoms with E-state index in [1.54, 1.807) is 49.6 Å². The summed E-state index contributed by atoms with van der Waals surface area (Å²) in [6.45, 7) is 4.32. The third kappa shape index (κ3) is 7.22. The number of hydrogen-bond acceptors (Lipinski definition) is 8. The zero-order valence-electron chi connectivity index (χ0n) is 26.2. The molecule has 1 aromatic heterocycles. The van der Waals surface area contributed by atoms with Gasteiger partial charge in [0.2, 0.25) is 18.2 Å². The normalized spacial score (nSPS) is 18.6. The van der Waals surface area contributed by atoms with E-state index in [2.05, 4.69) is 16.0 Å². The third-order valence-corrected chi connectivity index (χ3v) is 8.93. The summed E-state index contributed by atoms with van der Waals surface area (Å²) in [6, 6.07) is 11.7. The molecule has 15 heteroatoms. The van der Waals surface area contributed by atoms with Crippen LogP contribution in [-0.2, 0) is 47.5 Å². The third-order valence-electron chi connectivity index (χ3n) is 8.00. The first kappa shape index (κ1) is 34.6. The number of alkyl halides is 2. The van der Waals surface area contributed by atoms with E-state index < -0.39 is 23.8 Å². The number of aliphatic imine (C=N–C) groups is 1. The fourth-order valence-corrected chi connectivity index (χ4v) is 6.76. The minimum Gasteiger partial charge on any atom is -0.445 e. The van der Waals surface area contributed by atoms with E-state index in [1.807, 2.05) is 0 Å². The minimum atomic E-state index is -3.11. The number of likely N-dealkylation sites (tertiary alicyclic amines) is 1. The summed E-state index contributed by atoms with van der Waals surface area (Å²) in [7, 11) is 0. The van der Waals surface area contributed by atoms with Gasteiger partial charge in [0.15, 0.2) is 5.79 Å². The molecule has 2 saturated heterocycles. The van der Waals surface area contributed by atoms with Crippen LogP contribution < -0.4 is 16.8 Å². The Balaban J connectivity index is 0.00000145. The van der Waals surface area contributed by atoms with Crippen LogP contribution >= 0.6 is 11.3 Å². The van der Waals surface area contributed by atoms with Crippen molar-refractivity contribution in [3.63, 3.8) is 0 Å². The average molecular weight is 684 g/mol. The maximum Gasteiger partial charge on any atom is 0.435 e. The van der Waals surface area contributed by atoms with Gasteiger partial charge >= 0.3 is 6.09 Å². The highest BCUT2D eigenvalue weighted by Gasteiger charge is 2.52. The second-order valence-electron chi connectivity index (χ2n) is 11.6. The molecule has 1 unspecified atom stereocenters. The van der Waals surface area contributed by atoms with Crippen molar-refractivity contribution >= 4 is 41.5 Å². The molecule has 2 aromatic carbocycles. The van der Waals surface area contributed by atoms with Crippen LogP contribution in [0.3, 0.4) is 0 Å². The fourth-order valence-electron chi connectivity index (χ4n) is 5.94. The van der Waals surface area contributed by atoms with Gasteiger partial charge in [0.25, 0.3) is 5.92 Å². The number of halogens is 2. The van der Waals surface area contributed by atoms with E-state index in [0.29, 0.717) is 35.5 Å². The Morgan fingerprint density at radius 1 is 1.12 bits per heavy atom. The van der Waals surface area contributed by atoms with Gasteiger partial charge in [-0.25, -0.2) is 4.79 Å². The lowest BCUT2D eigenvalue weighted by Crippen LogP contribution is -2.46. The number of fused-ring (bicyclic) bond motifs is 3. The van der Waals surface area contributed by atoms with Gasteiger partial charge < -0.3 is 35.9 Å². The van der Waals surface area contributed by atoms with Gasteiger partial charge in [0, 0.05) is 33.4 Å². The van der Waals surface area contributed by atoms with E-state index in [-0.39, 0.29) is 67.2 Å². The second-order valence-corrected chi connectivity index (χ2v) is 12.6. The quantitative estimate of drug-likeness (QED) is 0.193. The maximum absolute atomic E-state index is 15.0. The first-order chi connectivity index (χ1) is 22.9. The number of rotatable bonds is 7. The fraction of sp³-hybridized carbons (Fsp3) is 0.364. The van der Waals surface area contributed by atoms with Crippen LogP contribution in [0.25, 0.3) is 11.1 Å². The van der Waals surface area contributed by atoms with E-state index in [4.69, 9.17) is 24.7 Å². The van der Waals surface area contributed by atoms with Crippen LogP contribution in [0, 0.1) is 0 Å². The molecule has 4 amide bonds. The minimum absolute atomic E-state index is 0.00160. The number of nitrogens with two attached hydrogens (primary N) is 2. The average Bonchev–Trinajstić information content (AvgIpc) is 3.83. The molecule has 0 saturated carbocycles. The number of benzene rings is 2. The van der Waals surface area contributed by atoms with Crippen LogP contribution in [0.5, 0.6) is 0 Å². The zero-order chi connectivity index (χ0) is 34.6. The SMILES string of the molecule is CC(C)OC(=O)/N=C(/N)c1csc(CNC(=O)C2CC3(CN2C(=O)Cc2ccc4c(c2)-c2ccccc2C4(F)F)OCCO3)c1.NC=O. The van der Waals surface area contributed by atoms with Crippen molar-refractivity contribution in [3.8, 4) is 11.1 Å². The van der Waals surface area contributed by atoms with Crippen molar-refractivity contribution in [3.05, 3.63) is 81.0 Å². The summed E-state index contributed by atoms with van der Waals surface area (Å²) in [5, 5.41) is 4.60. The van der Waals surface area contributed by atoms with E-state index in [0.717, 1.165) is 4.88 Å². The van der Waals surface area contributed by atoms with Crippen LogP contribution in [0.1, 0.15) is 47.4 Å². The molecule has 48 heavy (non-hydrogen) atoms. The molecule has 3 aromatic rings. The molecular formula is C33H35F2N5O7S. The molecule has 1 spiro atoms. The van der Waals surface area contributed by atoms with Gasteiger partial charge in [-0.2, -0.15) is 13.8 Å². The molecule has 3 heterocycles. The predicted octanol–water partition coefficient (Wildman–Crippen LogP) is 3.42. The summed E-state index contributed by atoms with van der Waals surface area (Å²) in [6.07, 6.45) is -0.806. The summed E-state index contributed by atoms with van der Waals surface area (Å²) in [4.78, 5) is 53.5. The monoisotopic (exact) mass is 683 g/mol. The topological polar surface area (TPSA) is 176 Å². The Morgan fingerprint density at radius 2 is 1.81 bits per heavy atom. The largest absolute Gasteiger partial charge is 0.445 e. The molecule has 6 rings (SSSR count). The standard InChI is InChI=1S/C32H32F2N4O6S.CH3NO/c1-18(2)44-30(41)37-28(35)20-13-21(45-16-20)15-36-29(40)26-14-31(42-9-10-43-31)17-38(26)27(39)12-19-7-8-25-23(11-19)22-5-3-4-6-24(22)32(25,33)34;2-1-3/h3-8,11,13,16,18,26H,9-10,12,14-15,17H2,1-2H3,(H,36,40)(H2,35,37,41);1H,(H2,2,3). The maximum atomic E-state index is 15.0. The van der Waals surface area contributed by atoms with Crippen LogP contribution in [0.15, 0.2) is 58.9 Å². The number of hydrogen-bond donors (Lipinski definition) is 3. The van der Waals surface area contributed by atoms with Crippen LogP contribution in [-0.4, -0.2) is 72.7 Å². The number of nitrogens with one attached hydrogen (secondary N) is 1. The lowest BCUT2D eigenvalue weighted by Gasteiger charge is -2.24. The van der Waals surface area contributed by atoms with Crippen molar-refractivity contribution in [1.29, 1.82) is 0 Å². The highest BCUT2D eigenvalue weighted by molar-refractivity contribution is 7.10. The summed E-state index contributed by atoms with van der Waals surface area (Å²) >= 11 is 1.32. The predicted molar refractivity (Wildman–Crippen MR) is 172 cm³/mol. The molecule has 254 valence electrons. The van der Waals surface area contributed by atoms with Crippen molar-refractivity contribution in [2.45, 2.75) is 57.1 Å². The summed E-state index contributed by atoms with van der Waals surface area (Å²) in [5.74, 6) is -4.93. The number of nitrogens with zero attached hydrogens (tertiary/aromatic N) is 2. The number of carbonyl (C=O) groups excluding carboxylic acids is 4. The molecule has 1 atom stereocenters. The Hall–Kier alpha value is -4.73. The lowest BCUT2D eigenvalue weighted by atomic mass is 10.0. The molecule has 12 nitrogen and oxygen atoms in total. The number of amidine groups is 1. The molecule has 0 bridgehead atoms. The van der Waals surface area contributed by atoms with Crippen molar-refractivity contribution in [2.24, 2.45) is 16.5 Å². The number of amides is 4. The molecule has 1 aliphatic carbocycles. The van der Waals surface area contributed by atoms with Gasteiger partial charge in [-0.1, -0.05) is 42.5 Å². The van der Waals surface area contributed by atoms with Crippen LogP contribution in [0.4, 0.5) is 13.6 Å². The Morgan fingerprint density at radius 3 is 2.52 bits per heavy atom. The first-order valence-corrected chi connectivity index (χ1v) is 16.0. The van der Waals surface area contributed by atoms with Gasteiger partial charge in [-0.3, -0.25) is 14.4 Å². The highest BCUT2D eigenvalue weighted by Crippen LogP contribution is 2.51. The Bertz CT molecular complexity index is 1740. The van der Waals surface area contributed by atoms with Gasteiger partial charge in [-0.15, -0.1) is 11.3 Å². The Labute approximate surface area is 279 Å².